The topological polar surface area (TPSA) is 111 Å². The maximum Gasteiger partial charge on any atom is 0.306 e. The van der Waals surface area contributed by atoms with E-state index in [2.05, 4.69) is 26.0 Å². The van der Waals surface area contributed by atoms with Gasteiger partial charge in [0.2, 0.25) is 0 Å². The smallest absolute Gasteiger partial charge is 0.306 e. The summed E-state index contributed by atoms with van der Waals surface area (Å²) in [7, 11) is 1.17. The van der Waals surface area contributed by atoms with Crippen LogP contribution in [0.25, 0.3) is 0 Å². The van der Waals surface area contributed by atoms with Crippen molar-refractivity contribution in [3.05, 3.63) is 12.2 Å². The Kier molecular flexibility index (Phi) is 36.5. The van der Waals surface area contributed by atoms with Gasteiger partial charge in [0.25, 0.3) is 7.82 Å². The van der Waals surface area contributed by atoms with Crippen LogP contribution < -0.4 is 4.89 Å². The molecule has 0 aromatic carbocycles. The van der Waals surface area contributed by atoms with Crippen LogP contribution in [0.1, 0.15) is 206 Å². The Morgan fingerprint density at radius 1 is 0.556 bits per heavy atom. The van der Waals surface area contributed by atoms with E-state index in [1.807, 2.05) is 21.1 Å². The van der Waals surface area contributed by atoms with E-state index in [4.69, 9.17) is 18.5 Å². The number of quaternary nitrogens is 1. The first kappa shape index (κ1) is 52.8. The van der Waals surface area contributed by atoms with Crippen molar-refractivity contribution in [1.29, 1.82) is 0 Å². The van der Waals surface area contributed by atoms with Crippen LogP contribution in [0, 0.1) is 0 Å². The van der Waals surface area contributed by atoms with Gasteiger partial charge in [-0.25, -0.2) is 0 Å². The normalized spacial score (nSPS) is 13.7. The van der Waals surface area contributed by atoms with Gasteiger partial charge >= 0.3 is 11.9 Å². The summed E-state index contributed by atoms with van der Waals surface area (Å²) in [6, 6.07) is 0. The molecule has 0 aliphatic heterocycles. The zero-order valence-electron chi connectivity index (χ0n) is 35.9. The average molecular weight is 788 g/mol. The van der Waals surface area contributed by atoms with E-state index in [1.165, 1.54) is 128 Å². The van der Waals surface area contributed by atoms with E-state index in [0.29, 0.717) is 23.9 Å². The largest absolute Gasteiger partial charge is 0.756 e. The maximum absolute atomic E-state index is 12.7. The summed E-state index contributed by atoms with van der Waals surface area (Å²) < 4.78 is 33.9. The molecule has 0 heterocycles. The van der Waals surface area contributed by atoms with Crippen molar-refractivity contribution in [1.82, 2.24) is 0 Å². The highest BCUT2D eigenvalue weighted by Crippen LogP contribution is 2.38. The van der Waals surface area contributed by atoms with Gasteiger partial charge in [-0.3, -0.25) is 14.2 Å². The van der Waals surface area contributed by atoms with Gasteiger partial charge in [0.15, 0.2) is 6.10 Å². The second-order valence-electron chi connectivity index (χ2n) is 16.4. The van der Waals surface area contributed by atoms with Gasteiger partial charge in [0.1, 0.15) is 19.8 Å². The highest BCUT2D eigenvalue weighted by molar-refractivity contribution is 7.45. The molecule has 0 aromatic rings. The van der Waals surface area contributed by atoms with Crippen LogP contribution in [-0.2, 0) is 32.7 Å². The lowest BCUT2D eigenvalue weighted by atomic mass is 10.0. The molecule has 0 saturated carbocycles. The molecular formula is C44H86NO8P. The lowest BCUT2D eigenvalue weighted by Gasteiger charge is -2.28. The van der Waals surface area contributed by atoms with Crippen molar-refractivity contribution >= 4 is 19.8 Å². The molecule has 0 aromatic heterocycles. The third kappa shape index (κ3) is 40.4. The summed E-state index contributed by atoms with van der Waals surface area (Å²) in [5.74, 6) is -0.843. The minimum atomic E-state index is -4.62. The number of ether oxygens (including phenoxy) is 2. The number of likely N-dealkylation sites (N-methyl/N-ethyl adjacent to an activating group) is 1. The van der Waals surface area contributed by atoms with Crippen molar-refractivity contribution in [2.24, 2.45) is 0 Å². The highest BCUT2D eigenvalue weighted by Gasteiger charge is 2.21. The van der Waals surface area contributed by atoms with E-state index in [-0.39, 0.29) is 26.1 Å². The van der Waals surface area contributed by atoms with Crippen LogP contribution in [0.2, 0.25) is 0 Å². The lowest BCUT2D eigenvalue weighted by molar-refractivity contribution is -0.870. The van der Waals surface area contributed by atoms with Gasteiger partial charge in [0.05, 0.1) is 27.7 Å². The Morgan fingerprint density at radius 2 is 0.944 bits per heavy atom. The third-order valence-corrected chi connectivity index (χ3v) is 10.7. The number of hydrogen-bond donors (Lipinski definition) is 0. The van der Waals surface area contributed by atoms with Gasteiger partial charge in [-0.05, 0) is 38.5 Å². The van der Waals surface area contributed by atoms with Gasteiger partial charge in [-0.15, -0.1) is 0 Å². The minimum absolute atomic E-state index is 0.0298. The Labute approximate surface area is 333 Å². The molecule has 54 heavy (non-hydrogen) atoms. The summed E-state index contributed by atoms with van der Waals surface area (Å²) in [6.45, 7) is 4.23. The van der Waals surface area contributed by atoms with Gasteiger partial charge < -0.3 is 27.9 Å². The van der Waals surface area contributed by atoms with Crippen molar-refractivity contribution in [3.8, 4) is 0 Å². The molecule has 0 aliphatic carbocycles. The first-order valence-corrected chi connectivity index (χ1v) is 23.9. The number of nitrogens with zero attached hydrogens (tertiary/aromatic N) is 1. The zero-order valence-corrected chi connectivity index (χ0v) is 36.8. The SMILES string of the molecule is CCCCCCCC/C=C/CCCCCC(=O)OC[C@H](COP(=O)([O-])OCC[N+](C)(C)C)OC(=O)CCCCCCCCCCCCCCCCCCC. The molecular weight excluding hydrogens is 701 g/mol. The Balaban J connectivity index is 4.33. The van der Waals surface area contributed by atoms with Crippen molar-refractivity contribution < 1.29 is 42.1 Å². The van der Waals surface area contributed by atoms with Crippen LogP contribution >= 0.6 is 7.82 Å². The van der Waals surface area contributed by atoms with Crippen LogP contribution in [0.3, 0.4) is 0 Å². The van der Waals surface area contributed by atoms with Crippen molar-refractivity contribution in [2.75, 3.05) is 47.5 Å². The molecule has 1 unspecified atom stereocenters. The molecule has 0 fully saturated rings. The fourth-order valence-electron chi connectivity index (χ4n) is 6.24. The van der Waals surface area contributed by atoms with Crippen LogP contribution in [-0.4, -0.2) is 70.0 Å². The monoisotopic (exact) mass is 788 g/mol. The lowest BCUT2D eigenvalue weighted by Crippen LogP contribution is -2.37. The predicted molar refractivity (Wildman–Crippen MR) is 222 cm³/mol. The maximum atomic E-state index is 12.7. The Bertz CT molecular complexity index is 938. The molecule has 0 amide bonds. The molecule has 0 aliphatic rings. The predicted octanol–water partition coefficient (Wildman–Crippen LogP) is 11.9. The molecule has 0 N–H and O–H groups in total. The molecule has 0 saturated heterocycles. The second kappa shape index (κ2) is 37.3. The average Bonchev–Trinajstić information content (AvgIpc) is 3.12. The van der Waals surface area contributed by atoms with Crippen LogP contribution in [0.4, 0.5) is 0 Å². The number of hydrogen-bond acceptors (Lipinski definition) is 8. The van der Waals surface area contributed by atoms with E-state index in [1.54, 1.807) is 0 Å². The minimum Gasteiger partial charge on any atom is -0.756 e. The van der Waals surface area contributed by atoms with E-state index in [0.717, 1.165) is 38.5 Å². The number of phosphoric ester groups is 1. The van der Waals surface area contributed by atoms with E-state index >= 15 is 0 Å². The van der Waals surface area contributed by atoms with E-state index in [9.17, 15) is 19.0 Å². The summed E-state index contributed by atoms with van der Waals surface area (Å²) >= 11 is 0. The molecule has 10 heteroatoms. The molecule has 2 atom stereocenters. The number of carbonyl (C=O) groups excluding carboxylic acids is 2. The highest BCUT2D eigenvalue weighted by atomic mass is 31.2. The van der Waals surface area contributed by atoms with Gasteiger partial charge in [-0.2, -0.15) is 0 Å². The number of rotatable bonds is 41. The first-order valence-electron chi connectivity index (χ1n) is 22.4. The molecule has 0 rings (SSSR count). The molecule has 9 nitrogen and oxygen atoms in total. The standard InChI is InChI=1S/C44H86NO8P/c1-6-8-10-12-14-16-18-20-21-22-23-25-27-29-31-33-35-37-44(47)53-42(41-52-54(48,49)51-39-38-45(3,4)5)40-50-43(46)36-34-32-30-28-26-24-19-17-15-13-11-9-7-2/h24,26,42H,6-23,25,27-41H2,1-5H3/b26-24+/t42-/m1/s1. The number of carbonyl (C=O) groups is 2. The number of esters is 2. The molecule has 0 spiro atoms. The summed E-state index contributed by atoms with van der Waals surface area (Å²) in [6.07, 6.45) is 38.1. The van der Waals surface area contributed by atoms with Crippen molar-refractivity contribution in [3.63, 3.8) is 0 Å². The summed E-state index contributed by atoms with van der Waals surface area (Å²) in [5.41, 5.74) is 0. The number of unbranched alkanes of at least 4 members (excludes halogenated alkanes) is 25. The summed E-state index contributed by atoms with van der Waals surface area (Å²) in [5, 5.41) is 0. The third-order valence-electron chi connectivity index (χ3n) is 9.79. The van der Waals surface area contributed by atoms with Gasteiger partial charge in [0, 0.05) is 12.8 Å². The second-order valence-corrected chi connectivity index (χ2v) is 17.8. The number of allylic oxidation sites excluding steroid dienone is 2. The van der Waals surface area contributed by atoms with Crippen molar-refractivity contribution in [2.45, 2.75) is 213 Å². The fourth-order valence-corrected chi connectivity index (χ4v) is 6.97. The van der Waals surface area contributed by atoms with E-state index < -0.39 is 32.5 Å². The number of phosphoric acid groups is 1. The molecule has 0 bridgehead atoms. The summed E-state index contributed by atoms with van der Waals surface area (Å²) in [4.78, 5) is 37.5. The fraction of sp³-hybridized carbons (Fsp3) is 0.909. The quantitative estimate of drug-likeness (QED) is 0.0198. The zero-order chi connectivity index (χ0) is 40.0. The van der Waals surface area contributed by atoms with Gasteiger partial charge in [-0.1, -0.05) is 167 Å². The first-order chi connectivity index (χ1) is 26.0. The molecule has 320 valence electrons. The van der Waals surface area contributed by atoms with Crippen LogP contribution in [0.5, 0.6) is 0 Å². The Morgan fingerprint density at radius 3 is 1.39 bits per heavy atom. The Hall–Kier alpha value is -1.25. The molecule has 0 radical (unpaired) electrons. The van der Waals surface area contributed by atoms with Crippen LogP contribution in [0.15, 0.2) is 12.2 Å².